The van der Waals surface area contributed by atoms with E-state index in [-0.39, 0.29) is 5.41 Å². The lowest BCUT2D eigenvalue weighted by Crippen LogP contribution is -2.49. The molecule has 0 bridgehead atoms. The molecular weight excluding hydrogens is 516 g/mol. The van der Waals surface area contributed by atoms with E-state index < -0.39 is 0 Å². The zero-order valence-corrected chi connectivity index (χ0v) is 29.5. The molecule has 8 unspecified atom stereocenters. The lowest BCUT2D eigenvalue weighted by Gasteiger charge is -2.53. The van der Waals surface area contributed by atoms with Crippen molar-refractivity contribution in [2.24, 2.45) is 70.0 Å². The van der Waals surface area contributed by atoms with Crippen molar-refractivity contribution in [1.29, 1.82) is 0 Å². The monoisotopic (exact) mass is 581 g/mol. The van der Waals surface area contributed by atoms with E-state index in [2.05, 4.69) is 118 Å². The molecule has 0 heterocycles. The zero-order chi connectivity index (χ0) is 30.9. The van der Waals surface area contributed by atoms with E-state index in [9.17, 15) is 0 Å². The third kappa shape index (κ3) is 5.37. The summed E-state index contributed by atoms with van der Waals surface area (Å²) >= 11 is 0. The van der Waals surface area contributed by atoms with Gasteiger partial charge < -0.3 is 0 Å². The summed E-state index contributed by atoms with van der Waals surface area (Å²) in [6, 6.07) is 20.1. The third-order valence-electron chi connectivity index (χ3n) is 14.1. The van der Waals surface area contributed by atoms with Gasteiger partial charge in [0, 0.05) is 5.41 Å². The first kappa shape index (κ1) is 31.4. The number of rotatable bonds is 4. The van der Waals surface area contributed by atoms with Crippen LogP contribution in [0.1, 0.15) is 129 Å². The summed E-state index contributed by atoms with van der Waals surface area (Å²) in [5.41, 5.74) is 6.98. The van der Waals surface area contributed by atoms with E-state index >= 15 is 0 Å². The number of fused-ring (bicyclic) bond motifs is 3. The molecule has 6 rings (SSSR count). The van der Waals surface area contributed by atoms with Crippen molar-refractivity contribution in [3.8, 4) is 0 Å². The first-order valence-electron chi connectivity index (χ1n) is 18.4. The molecule has 0 radical (unpaired) electrons. The third-order valence-corrected chi connectivity index (χ3v) is 14.1. The predicted molar refractivity (Wildman–Crippen MR) is 185 cm³/mol. The molecule has 0 aromatic heterocycles. The predicted octanol–water partition coefficient (Wildman–Crippen LogP) is 12.1. The molecule has 0 amide bonds. The van der Waals surface area contributed by atoms with Gasteiger partial charge in [-0.05, 0) is 134 Å². The van der Waals surface area contributed by atoms with Crippen molar-refractivity contribution in [3.63, 3.8) is 0 Å². The number of hydrogen-bond donors (Lipinski definition) is 0. The Hall–Kier alpha value is -1.56. The maximum absolute atomic E-state index is 2.64. The minimum absolute atomic E-state index is 0.114. The van der Waals surface area contributed by atoms with Gasteiger partial charge in [-0.2, -0.15) is 0 Å². The van der Waals surface area contributed by atoms with Crippen LogP contribution in [0, 0.1) is 83.9 Å². The van der Waals surface area contributed by atoms with Crippen LogP contribution in [0.2, 0.25) is 0 Å². The van der Waals surface area contributed by atoms with Crippen molar-refractivity contribution in [2.75, 3.05) is 0 Å². The average Bonchev–Trinajstić information content (AvgIpc) is 3.56. The van der Waals surface area contributed by atoms with Crippen LogP contribution in [0.25, 0.3) is 0 Å². The highest BCUT2D eigenvalue weighted by atomic mass is 14.7. The largest absolute Gasteiger partial charge is 0.0622 e. The smallest absolute Gasteiger partial charge is 0.0264 e. The van der Waals surface area contributed by atoms with Gasteiger partial charge in [0.1, 0.15) is 0 Å². The Balaban J connectivity index is 1.58. The summed E-state index contributed by atoms with van der Waals surface area (Å²) in [4.78, 5) is 0. The van der Waals surface area contributed by atoms with Crippen molar-refractivity contribution < 1.29 is 0 Å². The molecule has 0 heteroatoms. The van der Waals surface area contributed by atoms with E-state index in [1.54, 1.807) is 11.1 Å². The van der Waals surface area contributed by atoms with Crippen molar-refractivity contribution in [1.82, 2.24) is 0 Å². The van der Waals surface area contributed by atoms with Gasteiger partial charge >= 0.3 is 0 Å². The highest BCUT2D eigenvalue weighted by Gasteiger charge is 2.64. The summed E-state index contributed by atoms with van der Waals surface area (Å²) < 4.78 is 0. The van der Waals surface area contributed by atoms with Gasteiger partial charge in [-0.3, -0.25) is 0 Å². The second-order valence-electron chi connectivity index (χ2n) is 18.6. The van der Waals surface area contributed by atoms with E-state index in [1.807, 2.05) is 0 Å². The molecule has 4 saturated carbocycles. The lowest BCUT2D eigenvalue weighted by atomic mass is 9.50. The van der Waals surface area contributed by atoms with Crippen molar-refractivity contribution in [2.45, 2.75) is 126 Å². The van der Waals surface area contributed by atoms with Gasteiger partial charge in [-0.25, -0.2) is 0 Å². The molecule has 2 aromatic carbocycles. The molecule has 8 atom stereocenters. The van der Waals surface area contributed by atoms with Crippen molar-refractivity contribution in [3.05, 3.63) is 70.8 Å². The quantitative estimate of drug-likeness (QED) is 0.337. The average molecular weight is 581 g/mol. The van der Waals surface area contributed by atoms with Gasteiger partial charge in [0.05, 0.1) is 0 Å². The minimum Gasteiger partial charge on any atom is -0.0622 e. The van der Waals surface area contributed by atoms with Crippen molar-refractivity contribution >= 4 is 0 Å². The maximum atomic E-state index is 2.64. The van der Waals surface area contributed by atoms with Gasteiger partial charge in [0.2, 0.25) is 0 Å². The van der Waals surface area contributed by atoms with E-state index in [4.69, 9.17) is 0 Å². The fourth-order valence-corrected chi connectivity index (χ4v) is 12.5. The van der Waals surface area contributed by atoms with Gasteiger partial charge in [-0.15, -0.1) is 0 Å². The topological polar surface area (TPSA) is 0 Å². The Morgan fingerprint density at radius 1 is 0.512 bits per heavy atom. The number of hydrogen-bond acceptors (Lipinski definition) is 0. The van der Waals surface area contributed by atoms with Gasteiger partial charge in [0.15, 0.2) is 0 Å². The molecule has 4 fully saturated rings. The van der Waals surface area contributed by atoms with Crippen LogP contribution >= 0.6 is 0 Å². The molecular formula is C43H64. The molecule has 4 aliphatic rings. The van der Waals surface area contributed by atoms with Gasteiger partial charge in [0.25, 0.3) is 0 Å². The van der Waals surface area contributed by atoms with Crippen LogP contribution < -0.4 is 0 Å². The Morgan fingerprint density at radius 2 is 0.884 bits per heavy atom. The Bertz CT molecular complexity index is 1140. The Labute approximate surface area is 266 Å². The van der Waals surface area contributed by atoms with Crippen LogP contribution in [0.5, 0.6) is 0 Å². The highest BCUT2D eigenvalue weighted by Crippen LogP contribution is 2.70. The minimum atomic E-state index is 0.114. The molecule has 2 aromatic rings. The summed E-state index contributed by atoms with van der Waals surface area (Å²) in [5.74, 6) is 8.18. The van der Waals surface area contributed by atoms with E-state index in [0.29, 0.717) is 10.8 Å². The second kappa shape index (κ2) is 11.4. The Morgan fingerprint density at radius 3 is 1.23 bits per heavy atom. The van der Waals surface area contributed by atoms with Crippen LogP contribution in [0.15, 0.2) is 48.5 Å². The summed E-state index contributed by atoms with van der Waals surface area (Å²) in [6.07, 6.45) is 11.4. The van der Waals surface area contributed by atoms with Gasteiger partial charge in [-0.1, -0.05) is 128 Å². The van der Waals surface area contributed by atoms with E-state index in [0.717, 1.165) is 59.2 Å². The normalized spacial score (nSPS) is 35.5. The summed E-state index contributed by atoms with van der Waals surface area (Å²) in [7, 11) is 0. The lowest BCUT2D eigenvalue weighted by molar-refractivity contribution is 0.0102. The molecule has 236 valence electrons. The number of benzene rings is 2. The van der Waals surface area contributed by atoms with Crippen LogP contribution in [-0.2, 0) is 5.41 Å². The molecule has 4 aliphatic carbocycles. The fourth-order valence-electron chi connectivity index (χ4n) is 12.5. The van der Waals surface area contributed by atoms with Crippen LogP contribution in [0.3, 0.4) is 0 Å². The van der Waals surface area contributed by atoms with Crippen LogP contribution in [0.4, 0.5) is 0 Å². The fraction of sp³-hybridized carbons (Fsp3) is 0.721. The Kier molecular flexibility index (Phi) is 8.30. The maximum Gasteiger partial charge on any atom is 0.0264 e. The molecule has 0 spiro atoms. The molecule has 0 N–H and O–H groups in total. The SMILES string of the molecule is Cc1ccc(C(c2ccc(C)cc2)(C2CCCC2)C2C3CC(C)C(C(C)(C)C)CC3C3CC(C(C)(C)C)C(C)CC32)cc1. The highest BCUT2D eigenvalue weighted by molar-refractivity contribution is 5.45. The van der Waals surface area contributed by atoms with E-state index in [1.165, 1.54) is 62.5 Å². The molecule has 0 nitrogen and oxygen atoms in total. The molecule has 0 saturated heterocycles. The second-order valence-corrected chi connectivity index (χ2v) is 18.6. The summed E-state index contributed by atoms with van der Waals surface area (Å²) in [5, 5.41) is 0. The first-order chi connectivity index (χ1) is 20.2. The standard InChI is InChI=1S/C43H64/c1-27-15-19-32(20-16-27)43(31-13-11-12-14-31,33-21-17-28(2)18-22-33)40-36-23-29(3)38(41(5,6)7)25-34(36)35-26-39(42(8,9)10)30(4)24-37(35)40/h15-22,29-31,34-40H,11-14,23-26H2,1-10H3. The molecule has 43 heavy (non-hydrogen) atoms. The molecule has 0 aliphatic heterocycles. The first-order valence-corrected chi connectivity index (χ1v) is 18.4. The van der Waals surface area contributed by atoms with Crippen LogP contribution in [-0.4, -0.2) is 0 Å². The summed E-state index contributed by atoms with van der Waals surface area (Å²) in [6.45, 7) is 25.1. The zero-order valence-electron chi connectivity index (χ0n) is 29.5. The number of aryl methyl sites for hydroxylation is 2.